The third-order valence-corrected chi connectivity index (χ3v) is 2.11. The third kappa shape index (κ3) is 3.59. The number of nitrogens with one attached hydrogen (secondary N) is 1. The molecule has 0 saturated heterocycles. The number of hydrogen-bond donors (Lipinski definition) is 3. The molecule has 0 unspecified atom stereocenters. The molecule has 4 heteroatoms. The molecule has 1 aromatic rings. The average Bonchev–Trinajstić information content (AvgIpc) is 2.29. The molecule has 0 aliphatic rings. The van der Waals surface area contributed by atoms with Gasteiger partial charge in [0.25, 0.3) is 0 Å². The standard InChI is InChI=1S/C11H17N3O/c1-2-7-13-8-9-3-5-10(6-4-9)11(12)14-15/h3-6,13,15H,2,7-8H2,1H3,(H2,12,14). The smallest absolute Gasteiger partial charge is 0.170 e. The van der Waals surface area contributed by atoms with E-state index in [0.717, 1.165) is 25.1 Å². The highest BCUT2D eigenvalue weighted by atomic mass is 16.4. The first-order valence-electron chi connectivity index (χ1n) is 5.05. The van der Waals surface area contributed by atoms with Gasteiger partial charge in [0.2, 0.25) is 0 Å². The summed E-state index contributed by atoms with van der Waals surface area (Å²) < 4.78 is 0. The lowest BCUT2D eigenvalue weighted by Gasteiger charge is -2.04. The number of hydrogen-bond acceptors (Lipinski definition) is 3. The Hall–Kier alpha value is -1.55. The normalized spacial score (nSPS) is 11.7. The Morgan fingerprint density at radius 3 is 2.60 bits per heavy atom. The number of nitrogens with two attached hydrogens (primary N) is 1. The Morgan fingerprint density at radius 2 is 2.07 bits per heavy atom. The van der Waals surface area contributed by atoms with E-state index in [9.17, 15) is 0 Å². The predicted octanol–water partition coefficient (Wildman–Crippen LogP) is 1.28. The summed E-state index contributed by atoms with van der Waals surface area (Å²) >= 11 is 0. The maximum Gasteiger partial charge on any atom is 0.170 e. The van der Waals surface area contributed by atoms with Gasteiger partial charge in [-0.3, -0.25) is 0 Å². The van der Waals surface area contributed by atoms with E-state index < -0.39 is 0 Å². The van der Waals surface area contributed by atoms with Crippen molar-refractivity contribution in [3.63, 3.8) is 0 Å². The van der Waals surface area contributed by atoms with Crippen molar-refractivity contribution in [2.24, 2.45) is 10.9 Å². The summed E-state index contributed by atoms with van der Waals surface area (Å²) in [5, 5.41) is 14.7. The largest absolute Gasteiger partial charge is 0.409 e. The maximum atomic E-state index is 8.48. The van der Waals surface area contributed by atoms with E-state index in [-0.39, 0.29) is 5.84 Å². The van der Waals surface area contributed by atoms with Crippen LogP contribution in [-0.4, -0.2) is 17.6 Å². The van der Waals surface area contributed by atoms with E-state index in [4.69, 9.17) is 10.9 Å². The fraction of sp³-hybridized carbons (Fsp3) is 0.364. The molecule has 0 saturated carbocycles. The highest BCUT2D eigenvalue weighted by molar-refractivity contribution is 5.96. The molecule has 82 valence electrons. The van der Waals surface area contributed by atoms with Crippen molar-refractivity contribution in [2.45, 2.75) is 19.9 Å². The molecule has 0 amide bonds. The first kappa shape index (κ1) is 11.5. The van der Waals surface area contributed by atoms with Gasteiger partial charge in [-0.2, -0.15) is 0 Å². The average molecular weight is 207 g/mol. The highest BCUT2D eigenvalue weighted by Gasteiger charge is 1.98. The second-order valence-electron chi connectivity index (χ2n) is 3.36. The van der Waals surface area contributed by atoms with Crippen LogP contribution >= 0.6 is 0 Å². The fourth-order valence-corrected chi connectivity index (χ4v) is 1.26. The number of nitrogens with zero attached hydrogens (tertiary/aromatic N) is 1. The lowest BCUT2D eigenvalue weighted by atomic mass is 10.1. The van der Waals surface area contributed by atoms with Crippen LogP contribution < -0.4 is 11.1 Å². The number of benzene rings is 1. The Labute approximate surface area is 89.8 Å². The van der Waals surface area contributed by atoms with Gasteiger partial charge in [0.05, 0.1) is 0 Å². The molecule has 1 aromatic carbocycles. The summed E-state index contributed by atoms with van der Waals surface area (Å²) in [6.07, 6.45) is 1.13. The maximum absolute atomic E-state index is 8.48. The second kappa shape index (κ2) is 6.03. The van der Waals surface area contributed by atoms with Crippen molar-refractivity contribution in [3.05, 3.63) is 35.4 Å². The molecule has 0 bridgehead atoms. The van der Waals surface area contributed by atoms with Crippen LogP contribution in [-0.2, 0) is 6.54 Å². The molecule has 0 atom stereocenters. The van der Waals surface area contributed by atoms with E-state index in [2.05, 4.69) is 17.4 Å². The van der Waals surface area contributed by atoms with Crippen LogP contribution in [0.2, 0.25) is 0 Å². The third-order valence-electron chi connectivity index (χ3n) is 2.11. The summed E-state index contributed by atoms with van der Waals surface area (Å²) in [4.78, 5) is 0. The minimum atomic E-state index is 0.142. The van der Waals surface area contributed by atoms with Gasteiger partial charge in [-0.25, -0.2) is 0 Å². The van der Waals surface area contributed by atoms with E-state index in [1.165, 1.54) is 5.56 Å². The van der Waals surface area contributed by atoms with E-state index in [0.29, 0.717) is 0 Å². The zero-order chi connectivity index (χ0) is 11.1. The van der Waals surface area contributed by atoms with Gasteiger partial charge in [0.1, 0.15) is 0 Å². The Kier molecular flexibility index (Phi) is 4.63. The molecular weight excluding hydrogens is 190 g/mol. The Bertz CT molecular complexity index is 319. The fourth-order valence-electron chi connectivity index (χ4n) is 1.26. The zero-order valence-corrected chi connectivity index (χ0v) is 8.90. The molecule has 4 nitrogen and oxygen atoms in total. The minimum absolute atomic E-state index is 0.142. The zero-order valence-electron chi connectivity index (χ0n) is 8.90. The molecule has 15 heavy (non-hydrogen) atoms. The molecule has 0 spiro atoms. The summed E-state index contributed by atoms with van der Waals surface area (Å²) in [6.45, 7) is 4.00. The summed E-state index contributed by atoms with van der Waals surface area (Å²) in [6, 6.07) is 7.63. The van der Waals surface area contributed by atoms with E-state index in [1.54, 1.807) is 0 Å². The lowest BCUT2D eigenvalue weighted by molar-refractivity contribution is 0.318. The van der Waals surface area contributed by atoms with Crippen molar-refractivity contribution in [1.29, 1.82) is 0 Å². The minimum Gasteiger partial charge on any atom is -0.409 e. The summed E-state index contributed by atoms with van der Waals surface area (Å²) in [5.41, 5.74) is 7.38. The molecule has 1 rings (SSSR count). The Morgan fingerprint density at radius 1 is 1.40 bits per heavy atom. The van der Waals surface area contributed by atoms with Crippen molar-refractivity contribution in [3.8, 4) is 0 Å². The number of amidine groups is 1. The van der Waals surface area contributed by atoms with Gasteiger partial charge < -0.3 is 16.3 Å². The predicted molar refractivity (Wildman–Crippen MR) is 61.0 cm³/mol. The molecule has 4 N–H and O–H groups in total. The number of oxime groups is 1. The monoisotopic (exact) mass is 207 g/mol. The first-order chi connectivity index (χ1) is 7.27. The molecule has 0 fully saturated rings. The molecule has 0 aliphatic heterocycles. The Balaban J connectivity index is 2.56. The quantitative estimate of drug-likeness (QED) is 0.224. The van der Waals surface area contributed by atoms with Gasteiger partial charge in [-0.15, -0.1) is 0 Å². The van der Waals surface area contributed by atoms with Gasteiger partial charge in [-0.1, -0.05) is 36.3 Å². The SMILES string of the molecule is CCCNCc1ccc(C(N)=NO)cc1. The van der Waals surface area contributed by atoms with Crippen LogP contribution in [0.5, 0.6) is 0 Å². The van der Waals surface area contributed by atoms with Crippen LogP contribution in [0, 0.1) is 0 Å². The van der Waals surface area contributed by atoms with Crippen LogP contribution in [0.3, 0.4) is 0 Å². The van der Waals surface area contributed by atoms with Crippen molar-refractivity contribution in [2.75, 3.05) is 6.54 Å². The number of rotatable bonds is 5. The highest BCUT2D eigenvalue weighted by Crippen LogP contribution is 2.03. The van der Waals surface area contributed by atoms with E-state index in [1.807, 2.05) is 24.3 Å². The molecule has 0 heterocycles. The van der Waals surface area contributed by atoms with Crippen LogP contribution in [0.15, 0.2) is 29.4 Å². The van der Waals surface area contributed by atoms with Crippen LogP contribution in [0.4, 0.5) is 0 Å². The molecular formula is C11H17N3O. The van der Waals surface area contributed by atoms with Crippen LogP contribution in [0.25, 0.3) is 0 Å². The molecule has 0 aliphatic carbocycles. The van der Waals surface area contributed by atoms with Gasteiger partial charge in [0.15, 0.2) is 5.84 Å². The van der Waals surface area contributed by atoms with Crippen molar-refractivity contribution in [1.82, 2.24) is 5.32 Å². The van der Waals surface area contributed by atoms with Gasteiger partial charge in [-0.05, 0) is 18.5 Å². The lowest BCUT2D eigenvalue weighted by Crippen LogP contribution is -2.15. The van der Waals surface area contributed by atoms with E-state index >= 15 is 0 Å². The molecule has 0 radical (unpaired) electrons. The van der Waals surface area contributed by atoms with Gasteiger partial charge in [0, 0.05) is 12.1 Å². The van der Waals surface area contributed by atoms with Crippen LogP contribution in [0.1, 0.15) is 24.5 Å². The van der Waals surface area contributed by atoms with Crippen molar-refractivity contribution < 1.29 is 5.21 Å². The summed E-state index contributed by atoms with van der Waals surface area (Å²) in [5.74, 6) is 0.142. The first-order valence-corrected chi connectivity index (χ1v) is 5.05. The topological polar surface area (TPSA) is 70.6 Å². The van der Waals surface area contributed by atoms with Crippen molar-refractivity contribution >= 4 is 5.84 Å². The second-order valence-corrected chi connectivity index (χ2v) is 3.36. The molecule has 0 aromatic heterocycles. The van der Waals surface area contributed by atoms with Gasteiger partial charge >= 0.3 is 0 Å². The summed E-state index contributed by atoms with van der Waals surface area (Å²) in [7, 11) is 0.